The predicted octanol–water partition coefficient (Wildman–Crippen LogP) is 2.04. The number of likely N-dealkylation sites (N-methyl/N-ethyl adjacent to an activating group) is 1. The minimum absolute atomic E-state index is 0.00531. The van der Waals surface area contributed by atoms with E-state index < -0.39 is 30.1 Å². The molecular weight excluding hydrogens is 539 g/mol. The number of ether oxygens (including phenoxy) is 1. The Bertz CT molecular complexity index is 1070. The number of hydrogen-bond donors (Lipinski definition) is 2. The Balaban J connectivity index is 0.000000426. The molecule has 1 amide bonds. The first-order valence-electron chi connectivity index (χ1n) is 10.2. The number of aromatic nitrogens is 3. The van der Waals surface area contributed by atoms with E-state index in [1.165, 1.54) is 18.3 Å². The minimum Gasteiger partial charge on any atom is -0.475 e. The quantitative estimate of drug-likeness (QED) is 0.537. The van der Waals surface area contributed by atoms with Crippen LogP contribution in [0.15, 0.2) is 30.6 Å². The summed E-state index contributed by atoms with van der Waals surface area (Å²) in [5.41, 5.74) is 0.995. The molecular formula is C20H22F7N5O6. The number of carboxylic acid groups (broad SMARTS) is 2. The van der Waals surface area contributed by atoms with Crippen molar-refractivity contribution in [3.8, 4) is 5.88 Å². The predicted molar refractivity (Wildman–Crippen MR) is 112 cm³/mol. The third-order valence-corrected chi connectivity index (χ3v) is 4.37. The largest absolute Gasteiger partial charge is 0.490 e. The van der Waals surface area contributed by atoms with Crippen molar-refractivity contribution in [1.82, 2.24) is 24.6 Å². The van der Waals surface area contributed by atoms with Crippen LogP contribution in [0.25, 0.3) is 0 Å². The van der Waals surface area contributed by atoms with E-state index in [-0.39, 0.29) is 24.4 Å². The molecule has 2 aromatic rings. The second kappa shape index (κ2) is 13.5. The number of fused-ring (bicyclic) bond motifs is 1. The molecule has 0 saturated heterocycles. The summed E-state index contributed by atoms with van der Waals surface area (Å²) in [5, 5.41) is 18.5. The van der Waals surface area contributed by atoms with Gasteiger partial charge in [0.2, 0.25) is 5.91 Å². The van der Waals surface area contributed by atoms with Gasteiger partial charge in [-0.2, -0.15) is 31.4 Å². The number of halogens is 7. The summed E-state index contributed by atoms with van der Waals surface area (Å²) in [6.07, 6.45) is -7.32. The van der Waals surface area contributed by atoms with Crippen molar-refractivity contribution in [1.29, 1.82) is 0 Å². The molecule has 0 fully saturated rings. The van der Waals surface area contributed by atoms with Crippen LogP contribution in [0, 0.1) is 5.82 Å². The summed E-state index contributed by atoms with van der Waals surface area (Å²) in [6, 6.07) is 4.74. The highest BCUT2D eigenvalue weighted by atomic mass is 19.4. The third-order valence-electron chi connectivity index (χ3n) is 4.37. The van der Waals surface area contributed by atoms with Gasteiger partial charge in [0, 0.05) is 39.6 Å². The number of aliphatic carboxylic acids is 2. The molecule has 1 aliphatic rings. The molecule has 0 radical (unpaired) electrons. The number of alkyl halides is 6. The van der Waals surface area contributed by atoms with Crippen LogP contribution in [-0.2, 0) is 27.5 Å². The number of hydrogen-bond acceptors (Lipinski definition) is 7. The average molecular weight is 561 g/mol. The van der Waals surface area contributed by atoms with Gasteiger partial charge in [-0.3, -0.25) is 14.4 Å². The van der Waals surface area contributed by atoms with Crippen LogP contribution in [0.3, 0.4) is 0 Å². The molecule has 1 atom stereocenters. The van der Waals surface area contributed by atoms with Gasteiger partial charge in [0.15, 0.2) is 5.82 Å². The van der Waals surface area contributed by atoms with E-state index in [2.05, 4.69) is 10.1 Å². The smallest absolute Gasteiger partial charge is 0.475 e. The van der Waals surface area contributed by atoms with Crippen LogP contribution in [-0.4, -0.2) is 98.3 Å². The Morgan fingerprint density at radius 3 is 2.05 bits per heavy atom. The molecule has 18 heteroatoms. The lowest BCUT2D eigenvalue weighted by Crippen LogP contribution is -2.41. The molecule has 3 rings (SSSR count). The standard InChI is InChI=1S/C16H20FN5O2.2C2HF3O2/c1-20(2)15(23)11-21-8-12-5-7-19-22(12)10-13(9-21)24-16-14(17)4-3-6-18-16;2*3-2(4,5)1(6)7/h3-7,13H,8-11H2,1-2H3;2*(H,6,7). The van der Waals surface area contributed by atoms with Gasteiger partial charge in [0.1, 0.15) is 6.10 Å². The van der Waals surface area contributed by atoms with E-state index in [1.54, 1.807) is 25.2 Å². The van der Waals surface area contributed by atoms with Crippen LogP contribution in [0.5, 0.6) is 5.88 Å². The zero-order valence-corrected chi connectivity index (χ0v) is 19.7. The maximum Gasteiger partial charge on any atom is 0.490 e. The first-order valence-corrected chi connectivity index (χ1v) is 10.2. The highest BCUT2D eigenvalue weighted by molar-refractivity contribution is 5.77. The summed E-state index contributed by atoms with van der Waals surface area (Å²) in [5.74, 6) is -6.04. The van der Waals surface area contributed by atoms with E-state index >= 15 is 0 Å². The van der Waals surface area contributed by atoms with Gasteiger partial charge in [-0.1, -0.05) is 0 Å². The Morgan fingerprint density at radius 1 is 1.03 bits per heavy atom. The first kappa shape index (κ1) is 32.1. The van der Waals surface area contributed by atoms with Gasteiger partial charge < -0.3 is 19.8 Å². The van der Waals surface area contributed by atoms with Crippen LogP contribution < -0.4 is 4.74 Å². The van der Waals surface area contributed by atoms with Gasteiger partial charge in [0.25, 0.3) is 5.88 Å². The van der Waals surface area contributed by atoms with Crippen LogP contribution >= 0.6 is 0 Å². The van der Waals surface area contributed by atoms with Crippen LogP contribution in [0.4, 0.5) is 30.7 Å². The molecule has 3 heterocycles. The van der Waals surface area contributed by atoms with Crippen molar-refractivity contribution < 1.29 is 60.1 Å². The summed E-state index contributed by atoms with van der Waals surface area (Å²) in [7, 11) is 3.45. The van der Waals surface area contributed by atoms with Crippen molar-refractivity contribution in [2.75, 3.05) is 27.2 Å². The number of rotatable bonds is 4. The molecule has 38 heavy (non-hydrogen) atoms. The fourth-order valence-electron chi connectivity index (χ4n) is 2.63. The second-order valence-electron chi connectivity index (χ2n) is 7.60. The van der Waals surface area contributed by atoms with Crippen molar-refractivity contribution in [3.63, 3.8) is 0 Å². The number of pyridine rings is 1. The van der Waals surface area contributed by atoms with Crippen LogP contribution in [0.2, 0.25) is 0 Å². The number of amides is 1. The summed E-state index contributed by atoms with van der Waals surface area (Å²) < 4.78 is 84.9. The maximum atomic E-state index is 13.8. The Morgan fingerprint density at radius 2 is 1.58 bits per heavy atom. The molecule has 0 bridgehead atoms. The Hall–Kier alpha value is -3.96. The first-order chi connectivity index (χ1) is 17.4. The molecule has 0 aliphatic carbocycles. The van der Waals surface area contributed by atoms with Gasteiger partial charge in [-0.05, 0) is 18.2 Å². The Labute approximate surface area is 210 Å². The van der Waals surface area contributed by atoms with Crippen LogP contribution in [0.1, 0.15) is 5.69 Å². The molecule has 0 aromatic carbocycles. The van der Waals surface area contributed by atoms with Gasteiger partial charge in [-0.25, -0.2) is 19.0 Å². The highest BCUT2D eigenvalue weighted by Crippen LogP contribution is 2.18. The summed E-state index contributed by atoms with van der Waals surface area (Å²) in [6.45, 7) is 1.82. The van der Waals surface area contributed by atoms with Gasteiger partial charge in [-0.15, -0.1) is 0 Å². The van der Waals surface area contributed by atoms with Crippen molar-refractivity contribution in [2.45, 2.75) is 31.5 Å². The van der Waals surface area contributed by atoms with E-state index in [0.717, 1.165) is 5.69 Å². The zero-order valence-electron chi connectivity index (χ0n) is 19.7. The second-order valence-corrected chi connectivity index (χ2v) is 7.60. The molecule has 0 saturated carbocycles. The van der Waals surface area contributed by atoms with E-state index in [1.807, 2.05) is 15.6 Å². The molecule has 1 unspecified atom stereocenters. The lowest BCUT2D eigenvalue weighted by Gasteiger charge is -2.24. The molecule has 11 nitrogen and oxygen atoms in total. The van der Waals surface area contributed by atoms with Gasteiger partial charge >= 0.3 is 24.3 Å². The Kier molecular flexibility index (Phi) is 11.4. The number of carboxylic acids is 2. The minimum atomic E-state index is -5.08. The monoisotopic (exact) mass is 561 g/mol. The SMILES string of the molecule is CN(C)C(=O)CN1Cc2ccnn2CC(Oc2ncccc2F)C1.O=C(O)C(F)(F)F.O=C(O)C(F)(F)F. The highest BCUT2D eigenvalue weighted by Gasteiger charge is 2.38. The van der Waals surface area contributed by atoms with Crippen molar-refractivity contribution in [2.24, 2.45) is 0 Å². The van der Waals surface area contributed by atoms with Gasteiger partial charge in [0.05, 0.1) is 18.8 Å². The molecule has 212 valence electrons. The van der Waals surface area contributed by atoms with E-state index in [4.69, 9.17) is 24.5 Å². The molecule has 2 N–H and O–H groups in total. The number of carbonyl (C=O) groups is 3. The maximum absolute atomic E-state index is 13.8. The summed E-state index contributed by atoms with van der Waals surface area (Å²) in [4.78, 5) is 37.3. The fourth-order valence-corrected chi connectivity index (χ4v) is 2.63. The molecule has 0 spiro atoms. The average Bonchev–Trinajstić information content (AvgIpc) is 3.14. The normalized spacial score (nSPS) is 15.4. The molecule has 1 aliphatic heterocycles. The number of carbonyl (C=O) groups excluding carboxylic acids is 1. The number of nitrogens with zero attached hydrogens (tertiary/aromatic N) is 5. The fraction of sp³-hybridized carbons (Fsp3) is 0.450. The third kappa shape index (κ3) is 11.0. The topological polar surface area (TPSA) is 138 Å². The zero-order chi connectivity index (χ0) is 29.3. The lowest BCUT2D eigenvalue weighted by molar-refractivity contribution is -0.193. The molecule has 2 aromatic heterocycles. The van der Waals surface area contributed by atoms with E-state index in [0.29, 0.717) is 19.6 Å². The van der Waals surface area contributed by atoms with Crippen molar-refractivity contribution in [3.05, 3.63) is 42.1 Å². The van der Waals surface area contributed by atoms with Crippen molar-refractivity contribution >= 4 is 17.8 Å². The van der Waals surface area contributed by atoms with E-state index in [9.17, 15) is 35.5 Å². The summed E-state index contributed by atoms with van der Waals surface area (Å²) >= 11 is 0. The lowest BCUT2D eigenvalue weighted by atomic mass is 10.3.